The zero-order chi connectivity index (χ0) is 24.9. The third kappa shape index (κ3) is 5.37. The Morgan fingerprint density at radius 1 is 1.03 bits per heavy atom. The number of rotatable bonds is 7. The maximum atomic E-state index is 13.1. The number of anilines is 4. The molecule has 4 aromatic rings. The average Bonchev–Trinajstić information content (AvgIpc) is 3.18. The highest BCUT2D eigenvalue weighted by Crippen LogP contribution is 2.28. The van der Waals surface area contributed by atoms with Gasteiger partial charge in [0.2, 0.25) is 0 Å². The summed E-state index contributed by atoms with van der Waals surface area (Å²) in [4.78, 5) is 29.3. The maximum Gasteiger partial charge on any atom is 0.323 e. The first-order valence-electron chi connectivity index (χ1n) is 11.2. The summed E-state index contributed by atoms with van der Waals surface area (Å²) in [6, 6.07) is 10.5. The van der Waals surface area contributed by atoms with Gasteiger partial charge in [0.15, 0.2) is 5.82 Å². The molecule has 0 bridgehead atoms. The van der Waals surface area contributed by atoms with Gasteiger partial charge < -0.3 is 21.3 Å². The highest BCUT2D eigenvalue weighted by atomic mass is 19.1. The predicted octanol–water partition coefficient (Wildman–Crippen LogP) is 5.01. The SMILES string of the molecule is CCCNC(=O)c1cn2ncnc(Nc3cc(NC(=O)Nc4ccc(F)cc4)ccc3C)c2c1C. The van der Waals surface area contributed by atoms with Gasteiger partial charge in [-0.3, -0.25) is 4.79 Å². The second kappa shape index (κ2) is 10.2. The number of benzene rings is 2. The average molecular weight is 476 g/mol. The smallest absolute Gasteiger partial charge is 0.323 e. The van der Waals surface area contributed by atoms with Crippen LogP contribution in [0.4, 0.5) is 32.1 Å². The van der Waals surface area contributed by atoms with Gasteiger partial charge in [-0.2, -0.15) is 5.10 Å². The molecule has 10 heteroatoms. The van der Waals surface area contributed by atoms with Crippen molar-refractivity contribution in [1.82, 2.24) is 19.9 Å². The van der Waals surface area contributed by atoms with Crippen LogP contribution in [-0.2, 0) is 0 Å². The Labute approximate surface area is 201 Å². The fourth-order valence-electron chi connectivity index (χ4n) is 3.60. The van der Waals surface area contributed by atoms with Crippen molar-refractivity contribution >= 4 is 40.3 Å². The fourth-order valence-corrected chi connectivity index (χ4v) is 3.60. The molecular formula is C25H26FN7O2. The number of nitrogens with one attached hydrogen (secondary N) is 4. The summed E-state index contributed by atoms with van der Waals surface area (Å²) < 4.78 is 14.7. The number of urea groups is 1. The Bertz CT molecular complexity index is 1380. The first-order valence-corrected chi connectivity index (χ1v) is 11.2. The number of amides is 3. The van der Waals surface area contributed by atoms with E-state index < -0.39 is 6.03 Å². The van der Waals surface area contributed by atoms with Crippen molar-refractivity contribution in [3.8, 4) is 0 Å². The van der Waals surface area contributed by atoms with E-state index in [1.165, 1.54) is 30.6 Å². The van der Waals surface area contributed by atoms with E-state index in [0.29, 0.717) is 34.8 Å². The summed E-state index contributed by atoms with van der Waals surface area (Å²) >= 11 is 0. The molecule has 2 aromatic heterocycles. The normalized spacial score (nSPS) is 10.7. The zero-order valence-corrected chi connectivity index (χ0v) is 19.6. The molecule has 4 rings (SSSR count). The number of carbonyl (C=O) groups is 2. The number of aromatic nitrogens is 3. The van der Waals surface area contributed by atoms with E-state index in [-0.39, 0.29) is 11.7 Å². The van der Waals surface area contributed by atoms with E-state index in [1.807, 2.05) is 26.8 Å². The monoisotopic (exact) mass is 475 g/mol. The number of fused-ring (bicyclic) bond motifs is 1. The lowest BCUT2D eigenvalue weighted by molar-refractivity contribution is 0.0953. The van der Waals surface area contributed by atoms with Crippen molar-refractivity contribution in [2.24, 2.45) is 0 Å². The van der Waals surface area contributed by atoms with Crippen molar-refractivity contribution in [2.45, 2.75) is 27.2 Å². The minimum Gasteiger partial charge on any atom is -0.352 e. The molecule has 0 aliphatic carbocycles. The highest BCUT2D eigenvalue weighted by molar-refractivity contribution is 6.01. The Morgan fingerprint density at radius 2 is 1.74 bits per heavy atom. The molecule has 0 unspecified atom stereocenters. The third-order valence-electron chi connectivity index (χ3n) is 5.46. The van der Waals surface area contributed by atoms with Gasteiger partial charge in [-0.05, 0) is 67.8 Å². The molecule has 0 saturated heterocycles. The Kier molecular flexibility index (Phi) is 6.91. The second-order valence-corrected chi connectivity index (χ2v) is 8.07. The molecule has 2 heterocycles. The van der Waals surface area contributed by atoms with Gasteiger partial charge >= 0.3 is 6.03 Å². The van der Waals surface area contributed by atoms with Crippen LogP contribution in [0.25, 0.3) is 5.52 Å². The molecule has 35 heavy (non-hydrogen) atoms. The number of halogens is 1. The van der Waals surface area contributed by atoms with E-state index in [0.717, 1.165) is 23.2 Å². The van der Waals surface area contributed by atoms with Crippen molar-refractivity contribution < 1.29 is 14.0 Å². The van der Waals surface area contributed by atoms with Crippen molar-refractivity contribution in [3.63, 3.8) is 0 Å². The van der Waals surface area contributed by atoms with Crippen LogP contribution in [-0.4, -0.2) is 33.1 Å². The Balaban J connectivity index is 1.56. The Hall–Kier alpha value is -4.47. The van der Waals surface area contributed by atoms with Crippen molar-refractivity contribution in [1.29, 1.82) is 0 Å². The number of carbonyl (C=O) groups excluding carboxylic acids is 2. The van der Waals surface area contributed by atoms with Gasteiger partial charge in [0.05, 0.1) is 5.56 Å². The lowest BCUT2D eigenvalue weighted by Crippen LogP contribution is -2.24. The van der Waals surface area contributed by atoms with Crippen LogP contribution in [0.15, 0.2) is 55.0 Å². The lowest BCUT2D eigenvalue weighted by atomic mass is 10.1. The molecule has 3 amide bonds. The van der Waals surface area contributed by atoms with E-state index in [9.17, 15) is 14.0 Å². The summed E-state index contributed by atoms with van der Waals surface area (Å²) in [5.74, 6) is -0.00521. The quantitative estimate of drug-likeness (QED) is 0.300. The molecule has 0 aliphatic heterocycles. The highest BCUT2D eigenvalue weighted by Gasteiger charge is 2.18. The van der Waals surface area contributed by atoms with E-state index in [2.05, 4.69) is 31.3 Å². The molecule has 9 nitrogen and oxygen atoms in total. The molecule has 0 atom stereocenters. The van der Waals surface area contributed by atoms with Crippen LogP contribution in [0, 0.1) is 19.7 Å². The standard InChI is InChI=1S/C25H26FN7O2/c1-4-11-27-24(34)20-13-33-22(16(20)3)23(28-14-29-33)32-21-12-19(8-5-15(21)2)31-25(35)30-18-9-6-17(26)7-10-18/h5-10,12-14H,4,11H2,1-3H3,(H,27,34)(H,28,29,32)(H2,30,31,35). The van der Waals surface area contributed by atoms with Crippen LogP contribution in [0.5, 0.6) is 0 Å². The van der Waals surface area contributed by atoms with Gasteiger partial charge in [-0.1, -0.05) is 13.0 Å². The molecule has 2 aromatic carbocycles. The maximum absolute atomic E-state index is 13.1. The fraction of sp³-hybridized carbons (Fsp3) is 0.200. The van der Waals surface area contributed by atoms with Crippen molar-refractivity contribution in [3.05, 3.63) is 77.5 Å². The molecule has 4 N–H and O–H groups in total. The summed E-state index contributed by atoms with van der Waals surface area (Å²) in [6.45, 7) is 6.37. The van der Waals surface area contributed by atoms with E-state index in [1.54, 1.807) is 22.8 Å². The minimum atomic E-state index is -0.457. The van der Waals surface area contributed by atoms with Crippen LogP contribution >= 0.6 is 0 Å². The molecule has 0 fully saturated rings. The van der Waals surface area contributed by atoms with Gasteiger partial charge in [-0.15, -0.1) is 0 Å². The minimum absolute atomic E-state index is 0.157. The van der Waals surface area contributed by atoms with Crippen LogP contribution in [0.3, 0.4) is 0 Å². The first kappa shape index (κ1) is 23.7. The number of hydrogen-bond acceptors (Lipinski definition) is 5. The van der Waals surface area contributed by atoms with E-state index >= 15 is 0 Å². The molecule has 0 aliphatic rings. The van der Waals surface area contributed by atoms with Gasteiger partial charge in [0.1, 0.15) is 17.7 Å². The van der Waals surface area contributed by atoms with Crippen molar-refractivity contribution in [2.75, 3.05) is 22.5 Å². The zero-order valence-electron chi connectivity index (χ0n) is 19.6. The number of hydrogen-bond donors (Lipinski definition) is 4. The third-order valence-corrected chi connectivity index (χ3v) is 5.46. The lowest BCUT2D eigenvalue weighted by Gasteiger charge is -2.13. The number of aryl methyl sites for hydroxylation is 2. The molecule has 180 valence electrons. The van der Waals surface area contributed by atoms with Crippen LogP contribution in [0.1, 0.15) is 34.8 Å². The second-order valence-electron chi connectivity index (χ2n) is 8.07. The summed E-state index contributed by atoms with van der Waals surface area (Å²) in [6.07, 6.45) is 3.94. The van der Waals surface area contributed by atoms with E-state index in [4.69, 9.17) is 0 Å². The molecule has 0 spiro atoms. The molecule has 0 saturated carbocycles. The molecular weight excluding hydrogens is 449 g/mol. The largest absolute Gasteiger partial charge is 0.352 e. The summed E-state index contributed by atoms with van der Waals surface area (Å²) in [5.41, 5.74) is 4.65. The molecule has 0 radical (unpaired) electrons. The van der Waals surface area contributed by atoms with Gasteiger partial charge in [-0.25, -0.2) is 18.7 Å². The summed E-state index contributed by atoms with van der Waals surface area (Å²) in [5, 5.41) is 15.9. The van der Waals surface area contributed by atoms with Crippen LogP contribution < -0.4 is 21.3 Å². The van der Waals surface area contributed by atoms with Gasteiger partial charge in [0, 0.05) is 29.8 Å². The van der Waals surface area contributed by atoms with Gasteiger partial charge in [0.25, 0.3) is 5.91 Å². The topological polar surface area (TPSA) is 112 Å². The predicted molar refractivity (Wildman–Crippen MR) is 134 cm³/mol. The summed E-state index contributed by atoms with van der Waals surface area (Å²) in [7, 11) is 0. The first-order chi connectivity index (χ1) is 16.9. The van der Waals surface area contributed by atoms with Crippen LogP contribution in [0.2, 0.25) is 0 Å². The number of nitrogens with zero attached hydrogens (tertiary/aromatic N) is 3. The Morgan fingerprint density at radius 3 is 2.49 bits per heavy atom.